The molecule has 2 aromatic rings. The average Bonchev–Trinajstić information content (AvgIpc) is 2.27. The predicted molar refractivity (Wildman–Crippen MR) is 62.2 cm³/mol. The molecule has 0 bridgehead atoms. The highest BCUT2D eigenvalue weighted by atomic mass is 19.4. The number of alkyl halides is 3. The Morgan fingerprint density at radius 2 is 1.83 bits per heavy atom. The molecule has 0 amide bonds. The molecule has 0 spiro atoms. The van der Waals surface area contributed by atoms with E-state index in [1.807, 2.05) is 13.0 Å². The quantitative estimate of drug-likeness (QED) is 0.830. The van der Waals surface area contributed by atoms with Crippen LogP contribution < -0.4 is 5.56 Å². The Morgan fingerprint density at radius 3 is 2.44 bits per heavy atom. The molecule has 0 saturated heterocycles. The number of pyridine rings is 1. The maximum Gasteiger partial charge on any atom is 0.416 e. The molecule has 0 fully saturated rings. The number of hydrogen-bond acceptors (Lipinski definition) is 1. The van der Waals surface area contributed by atoms with Gasteiger partial charge in [0.1, 0.15) is 0 Å². The van der Waals surface area contributed by atoms with Crippen LogP contribution in [-0.2, 0) is 6.18 Å². The second-order valence-corrected chi connectivity index (χ2v) is 4.01. The summed E-state index contributed by atoms with van der Waals surface area (Å²) in [5.74, 6) is 0. The van der Waals surface area contributed by atoms with Crippen LogP contribution in [0, 0.1) is 6.92 Å². The average molecular weight is 253 g/mol. The zero-order chi connectivity index (χ0) is 13.3. The Bertz CT molecular complexity index is 629. The lowest BCUT2D eigenvalue weighted by Gasteiger charge is -2.08. The highest BCUT2D eigenvalue weighted by Gasteiger charge is 2.31. The van der Waals surface area contributed by atoms with Crippen LogP contribution in [0.3, 0.4) is 0 Å². The predicted octanol–water partition coefficient (Wildman–Crippen LogP) is 3.37. The SMILES string of the molecule is Cc1cccc(-c2cc(C(F)(F)F)cc(=O)[nH]2)c1. The summed E-state index contributed by atoms with van der Waals surface area (Å²) in [6, 6.07) is 8.41. The standard InChI is InChI=1S/C13H10F3NO/c1-8-3-2-4-9(5-8)11-6-10(13(14,15)16)7-12(18)17-11/h2-7H,1H3,(H,17,18). The van der Waals surface area contributed by atoms with Crippen LogP contribution >= 0.6 is 0 Å². The normalized spacial score (nSPS) is 11.6. The van der Waals surface area contributed by atoms with Crippen LogP contribution in [0.15, 0.2) is 41.2 Å². The van der Waals surface area contributed by atoms with Crippen LogP contribution in [0.25, 0.3) is 11.3 Å². The largest absolute Gasteiger partial charge is 0.416 e. The van der Waals surface area contributed by atoms with Gasteiger partial charge in [-0.25, -0.2) is 0 Å². The summed E-state index contributed by atoms with van der Waals surface area (Å²) < 4.78 is 37.8. The number of halogens is 3. The lowest BCUT2D eigenvalue weighted by Crippen LogP contribution is -2.13. The van der Waals surface area contributed by atoms with Crippen LogP contribution in [0.2, 0.25) is 0 Å². The molecule has 0 atom stereocenters. The third kappa shape index (κ3) is 2.61. The number of rotatable bonds is 1. The molecule has 94 valence electrons. The van der Waals surface area contributed by atoms with Gasteiger partial charge in [0.15, 0.2) is 0 Å². The highest BCUT2D eigenvalue weighted by Crippen LogP contribution is 2.30. The van der Waals surface area contributed by atoms with Crippen molar-refractivity contribution in [2.45, 2.75) is 13.1 Å². The number of benzene rings is 1. The van der Waals surface area contributed by atoms with E-state index in [1.165, 1.54) is 0 Å². The first-order valence-electron chi connectivity index (χ1n) is 5.25. The molecule has 0 aliphatic rings. The highest BCUT2D eigenvalue weighted by molar-refractivity contribution is 5.60. The fourth-order valence-electron chi connectivity index (χ4n) is 1.68. The zero-order valence-corrected chi connectivity index (χ0v) is 9.51. The molecule has 2 nitrogen and oxygen atoms in total. The molecule has 1 heterocycles. The Labute approximate surface area is 101 Å². The summed E-state index contributed by atoms with van der Waals surface area (Å²) in [5, 5.41) is 0. The number of hydrogen-bond donors (Lipinski definition) is 1. The van der Waals surface area contributed by atoms with E-state index in [2.05, 4.69) is 4.98 Å². The van der Waals surface area contributed by atoms with Crippen molar-refractivity contribution in [1.82, 2.24) is 4.98 Å². The molecule has 0 radical (unpaired) electrons. The summed E-state index contributed by atoms with van der Waals surface area (Å²) in [5.41, 5.74) is -0.0772. The van der Waals surface area contributed by atoms with E-state index < -0.39 is 17.3 Å². The molecule has 1 N–H and O–H groups in total. The van der Waals surface area contributed by atoms with Gasteiger partial charge < -0.3 is 4.98 Å². The summed E-state index contributed by atoms with van der Waals surface area (Å²) in [6.07, 6.45) is -4.52. The second kappa shape index (κ2) is 4.33. The molecule has 5 heteroatoms. The first-order valence-corrected chi connectivity index (χ1v) is 5.25. The van der Waals surface area contributed by atoms with Crippen molar-refractivity contribution < 1.29 is 13.2 Å². The Hall–Kier alpha value is -2.04. The molecule has 1 aromatic heterocycles. The maximum atomic E-state index is 12.6. The van der Waals surface area contributed by atoms with Gasteiger partial charge in [-0.1, -0.05) is 23.8 Å². The molecule has 2 rings (SSSR count). The van der Waals surface area contributed by atoms with Gasteiger partial charge in [0.2, 0.25) is 5.56 Å². The van der Waals surface area contributed by atoms with E-state index in [1.54, 1.807) is 18.2 Å². The van der Waals surface area contributed by atoms with Crippen LogP contribution in [0.4, 0.5) is 13.2 Å². The Kier molecular flexibility index (Phi) is 2.98. The van der Waals surface area contributed by atoms with E-state index in [-0.39, 0.29) is 5.69 Å². The summed E-state index contributed by atoms with van der Waals surface area (Å²) >= 11 is 0. The zero-order valence-electron chi connectivity index (χ0n) is 9.51. The summed E-state index contributed by atoms with van der Waals surface area (Å²) in [7, 11) is 0. The monoisotopic (exact) mass is 253 g/mol. The van der Waals surface area contributed by atoms with E-state index in [4.69, 9.17) is 0 Å². The maximum absolute atomic E-state index is 12.6. The van der Waals surface area contributed by atoms with Gasteiger partial charge in [-0.2, -0.15) is 13.2 Å². The Balaban J connectivity index is 2.59. The molecule has 0 saturated carbocycles. The van der Waals surface area contributed by atoms with Crippen LogP contribution in [0.5, 0.6) is 0 Å². The van der Waals surface area contributed by atoms with Crippen LogP contribution in [-0.4, -0.2) is 4.98 Å². The van der Waals surface area contributed by atoms with Gasteiger partial charge in [-0.15, -0.1) is 0 Å². The molecule has 0 unspecified atom stereocenters. The van der Waals surface area contributed by atoms with Gasteiger partial charge in [0.25, 0.3) is 0 Å². The van der Waals surface area contributed by atoms with Crippen molar-refractivity contribution >= 4 is 0 Å². The van der Waals surface area contributed by atoms with Crippen molar-refractivity contribution in [3.8, 4) is 11.3 Å². The molecule has 0 aliphatic heterocycles. The van der Waals surface area contributed by atoms with Crippen molar-refractivity contribution in [2.24, 2.45) is 0 Å². The van der Waals surface area contributed by atoms with Gasteiger partial charge in [0.05, 0.1) is 5.56 Å². The fourth-order valence-corrected chi connectivity index (χ4v) is 1.68. The van der Waals surface area contributed by atoms with Crippen molar-refractivity contribution in [2.75, 3.05) is 0 Å². The van der Waals surface area contributed by atoms with Gasteiger partial charge in [-0.05, 0) is 24.6 Å². The summed E-state index contributed by atoms with van der Waals surface area (Å²) in [4.78, 5) is 13.7. The van der Waals surface area contributed by atoms with E-state index >= 15 is 0 Å². The van der Waals surface area contributed by atoms with E-state index in [0.717, 1.165) is 11.6 Å². The molecular weight excluding hydrogens is 243 g/mol. The van der Waals surface area contributed by atoms with Crippen LogP contribution in [0.1, 0.15) is 11.1 Å². The smallest absolute Gasteiger partial charge is 0.322 e. The van der Waals surface area contributed by atoms with Crippen molar-refractivity contribution in [3.63, 3.8) is 0 Å². The minimum Gasteiger partial charge on any atom is -0.322 e. The van der Waals surface area contributed by atoms with Crippen molar-refractivity contribution in [1.29, 1.82) is 0 Å². The lowest BCUT2D eigenvalue weighted by molar-refractivity contribution is -0.137. The first kappa shape index (κ1) is 12.4. The molecule has 18 heavy (non-hydrogen) atoms. The topological polar surface area (TPSA) is 32.9 Å². The third-order valence-electron chi connectivity index (χ3n) is 2.50. The molecular formula is C13H10F3NO. The number of nitrogens with one attached hydrogen (secondary N) is 1. The first-order chi connectivity index (χ1) is 8.36. The minimum absolute atomic E-state index is 0.165. The second-order valence-electron chi connectivity index (χ2n) is 4.01. The number of aromatic nitrogens is 1. The minimum atomic E-state index is -4.52. The van der Waals surface area contributed by atoms with E-state index in [9.17, 15) is 18.0 Å². The number of aryl methyl sites for hydroxylation is 1. The number of H-pyrrole nitrogens is 1. The van der Waals surface area contributed by atoms with Crippen molar-refractivity contribution in [3.05, 3.63) is 57.9 Å². The summed E-state index contributed by atoms with van der Waals surface area (Å²) in [6.45, 7) is 1.83. The lowest BCUT2D eigenvalue weighted by atomic mass is 10.1. The molecule has 0 aliphatic carbocycles. The third-order valence-corrected chi connectivity index (χ3v) is 2.50. The van der Waals surface area contributed by atoms with Gasteiger partial charge in [0, 0.05) is 11.8 Å². The molecule has 1 aromatic carbocycles. The van der Waals surface area contributed by atoms with E-state index in [0.29, 0.717) is 11.6 Å². The van der Waals surface area contributed by atoms with Gasteiger partial charge in [-0.3, -0.25) is 4.79 Å². The van der Waals surface area contributed by atoms with Gasteiger partial charge >= 0.3 is 6.18 Å². The number of aromatic amines is 1. The fraction of sp³-hybridized carbons (Fsp3) is 0.154. The Morgan fingerprint density at radius 1 is 1.11 bits per heavy atom.